The van der Waals surface area contributed by atoms with E-state index >= 15 is 0 Å². The number of carbonyl (C=O) groups is 2. The van der Waals surface area contributed by atoms with E-state index in [4.69, 9.17) is 0 Å². The first-order chi connectivity index (χ1) is 12.5. The van der Waals surface area contributed by atoms with Gasteiger partial charge in [-0.2, -0.15) is 0 Å². The minimum atomic E-state index is -0.808. The fourth-order valence-electron chi connectivity index (χ4n) is 4.69. The lowest BCUT2D eigenvalue weighted by Gasteiger charge is -2.56. The van der Waals surface area contributed by atoms with Crippen molar-refractivity contribution in [1.29, 1.82) is 0 Å². The predicted octanol–water partition coefficient (Wildman–Crippen LogP) is 4.90. The van der Waals surface area contributed by atoms with Crippen molar-refractivity contribution >= 4 is 12.0 Å². The second-order valence-electron chi connectivity index (χ2n) is 8.21. The Bertz CT molecular complexity index is 468. The second kappa shape index (κ2) is 9.61. The Morgan fingerprint density at radius 2 is 1.54 bits per heavy atom. The average molecular weight is 367 g/mol. The largest absolute Gasteiger partial charge is 0.465 e. The van der Waals surface area contributed by atoms with Crippen LogP contribution in [0.2, 0.25) is 0 Å². The number of nitrogens with zero attached hydrogens (tertiary/aromatic N) is 2. The van der Waals surface area contributed by atoms with Crippen molar-refractivity contribution in [2.45, 2.75) is 103 Å². The summed E-state index contributed by atoms with van der Waals surface area (Å²) in [6, 6.07) is 0.0403. The normalized spacial score (nSPS) is 22.5. The first-order valence-electron chi connectivity index (χ1n) is 10.8. The number of hydrogen-bond donors (Lipinski definition) is 1. The molecule has 5 heteroatoms. The van der Waals surface area contributed by atoms with Crippen molar-refractivity contribution in [2.24, 2.45) is 5.92 Å². The van der Waals surface area contributed by atoms with Crippen LogP contribution in [0.25, 0.3) is 0 Å². The molecule has 0 aromatic carbocycles. The molecule has 1 heterocycles. The summed E-state index contributed by atoms with van der Waals surface area (Å²) in [5, 5.41) is 9.98. The summed E-state index contributed by atoms with van der Waals surface area (Å²) in [5.74, 6) is 0.485. The van der Waals surface area contributed by atoms with Gasteiger partial charge in [-0.15, -0.1) is 0 Å². The van der Waals surface area contributed by atoms with E-state index in [1.807, 2.05) is 0 Å². The Hall–Kier alpha value is -1.26. The molecule has 2 fully saturated rings. The minimum Gasteiger partial charge on any atom is -0.465 e. The fraction of sp³-hybridized carbons (Fsp3) is 0.905. The van der Waals surface area contributed by atoms with E-state index < -0.39 is 11.6 Å². The van der Waals surface area contributed by atoms with Gasteiger partial charge in [-0.25, -0.2) is 4.79 Å². The molecule has 1 unspecified atom stereocenters. The van der Waals surface area contributed by atoms with Crippen molar-refractivity contribution in [3.8, 4) is 0 Å². The summed E-state index contributed by atoms with van der Waals surface area (Å²) in [4.78, 5) is 29.0. The van der Waals surface area contributed by atoms with Gasteiger partial charge in [0.05, 0.1) is 11.6 Å². The van der Waals surface area contributed by atoms with E-state index in [2.05, 4.69) is 25.7 Å². The van der Waals surface area contributed by atoms with Crippen LogP contribution in [0.3, 0.4) is 0 Å². The highest BCUT2D eigenvalue weighted by atomic mass is 16.4. The summed E-state index contributed by atoms with van der Waals surface area (Å²) in [7, 11) is 0. The van der Waals surface area contributed by atoms with Crippen LogP contribution in [0.5, 0.6) is 0 Å². The van der Waals surface area contributed by atoms with Crippen molar-refractivity contribution in [3.05, 3.63) is 0 Å². The van der Waals surface area contributed by atoms with Crippen molar-refractivity contribution in [3.63, 3.8) is 0 Å². The average Bonchev–Trinajstić information content (AvgIpc) is 3.47. The van der Waals surface area contributed by atoms with Crippen LogP contribution in [0, 0.1) is 5.92 Å². The number of piperazine rings is 1. The van der Waals surface area contributed by atoms with E-state index in [1.165, 1.54) is 0 Å². The fourth-order valence-corrected chi connectivity index (χ4v) is 4.69. The zero-order chi connectivity index (χ0) is 19.2. The third-order valence-corrected chi connectivity index (χ3v) is 6.30. The molecule has 2 aliphatic rings. The van der Waals surface area contributed by atoms with Gasteiger partial charge in [-0.05, 0) is 32.1 Å². The van der Waals surface area contributed by atoms with Gasteiger partial charge in [0.1, 0.15) is 0 Å². The van der Waals surface area contributed by atoms with E-state index in [9.17, 15) is 14.7 Å². The summed E-state index contributed by atoms with van der Waals surface area (Å²) in [6.07, 6.45) is 10.1. The van der Waals surface area contributed by atoms with Crippen LogP contribution < -0.4 is 0 Å². The van der Waals surface area contributed by atoms with Crippen LogP contribution in [0.1, 0.15) is 91.4 Å². The first-order valence-corrected chi connectivity index (χ1v) is 10.8. The quantitative estimate of drug-likeness (QED) is 0.598. The summed E-state index contributed by atoms with van der Waals surface area (Å²) >= 11 is 0. The standard InChI is InChI=1S/C21H38N2O3/c1-4-7-10-18-21(13-8-5-2,14-9-6-3)23(20(25)26)16-15-22(18)19(24)17-11-12-17/h17-18H,4-16H2,1-3H3,(H,25,26). The highest BCUT2D eigenvalue weighted by Crippen LogP contribution is 2.42. The first kappa shape index (κ1) is 21.0. The molecule has 0 aromatic rings. The molecule has 1 atom stereocenters. The molecule has 0 spiro atoms. The summed E-state index contributed by atoms with van der Waals surface area (Å²) < 4.78 is 0. The molecule has 0 radical (unpaired) electrons. The maximum absolute atomic E-state index is 13.0. The maximum atomic E-state index is 13.0. The molecule has 2 amide bonds. The van der Waals surface area contributed by atoms with Crippen molar-refractivity contribution in [2.75, 3.05) is 13.1 Å². The lowest BCUT2D eigenvalue weighted by atomic mass is 9.74. The van der Waals surface area contributed by atoms with Crippen LogP contribution in [0.15, 0.2) is 0 Å². The van der Waals surface area contributed by atoms with E-state index in [-0.39, 0.29) is 17.9 Å². The molecule has 5 nitrogen and oxygen atoms in total. The third-order valence-electron chi connectivity index (χ3n) is 6.30. The molecule has 0 aromatic heterocycles. The van der Waals surface area contributed by atoms with Gasteiger partial charge in [0.2, 0.25) is 5.91 Å². The molecule has 0 bridgehead atoms. The van der Waals surface area contributed by atoms with Gasteiger partial charge >= 0.3 is 6.09 Å². The molecule has 1 saturated carbocycles. The number of rotatable bonds is 10. The van der Waals surface area contributed by atoms with Gasteiger partial charge in [0, 0.05) is 19.0 Å². The van der Waals surface area contributed by atoms with Gasteiger partial charge in [-0.1, -0.05) is 59.3 Å². The Balaban J connectivity index is 2.40. The van der Waals surface area contributed by atoms with Crippen LogP contribution in [0.4, 0.5) is 4.79 Å². The second-order valence-corrected chi connectivity index (χ2v) is 8.21. The number of carboxylic acid groups (broad SMARTS) is 1. The molecular weight excluding hydrogens is 328 g/mol. The molecule has 1 aliphatic heterocycles. The molecule has 2 rings (SSSR count). The molecule has 26 heavy (non-hydrogen) atoms. The molecule has 1 N–H and O–H groups in total. The van der Waals surface area contributed by atoms with Crippen molar-refractivity contribution < 1.29 is 14.7 Å². The molecule has 1 aliphatic carbocycles. The summed E-state index contributed by atoms with van der Waals surface area (Å²) in [6.45, 7) is 7.52. The molecule has 1 saturated heterocycles. The van der Waals surface area contributed by atoms with Gasteiger partial charge < -0.3 is 10.0 Å². The monoisotopic (exact) mass is 366 g/mol. The number of hydrogen-bond acceptors (Lipinski definition) is 2. The Kier molecular flexibility index (Phi) is 7.78. The molecular formula is C21H38N2O3. The number of unbranched alkanes of at least 4 members (excludes halogenated alkanes) is 3. The minimum absolute atomic E-state index is 0.0403. The Labute approximate surface area is 159 Å². The predicted molar refractivity (Wildman–Crippen MR) is 104 cm³/mol. The van der Waals surface area contributed by atoms with Crippen LogP contribution in [-0.2, 0) is 4.79 Å². The third kappa shape index (κ3) is 4.52. The van der Waals surface area contributed by atoms with Gasteiger partial charge in [0.15, 0.2) is 0 Å². The zero-order valence-corrected chi connectivity index (χ0v) is 17.0. The maximum Gasteiger partial charge on any atom is 0.407 e. The SMILES string of the molecule is CCCCC1N(C(=O)C2CC2)CCN(C(=O)O)C1(CCCC)CCCC. The lowest BCUT2D eigenvalue weighted by Crippen LogP contribution is -2.70. The van der Waals surface area contributed by atoms with Gasteiger partial charge in [-0.3, -0.25) is 9.69 Å². The Morgan fingerprint density at radius 1 is 0.962 bits per heavy atom. The Morgan fingerprint density at radius 3 is 2.00 bits per heavy atom. The van der Waals surface area contributed by atoms with Crippen LogP contribution in [-0.4, -0.2) is 51.6 Å². The summed E-state index contributed by atoms with van der Waals surface area (Å²) in [5.41, 5.74) is -0.407. The number of carbonyl (C=O) groups excluding carboxylic acids is 1. The highest BCUT2D eigenvalue weighted by molar-refractivity contribution is 5.82. The van der Waals surface area contributed by atoms with Crippen molar-refractivity contribution in [1.82, 2.24) is 9.80 Å². The lowest BCUT2D eigenvalue weighted by molar-refractivity contribution is -0.145. The highest BCUT2D eigenvalue weighted by Gasteiger charge is 2.52. The van der Waals surface area contributed by atoms with E-state index in [0.717, 1.165) is 70.6 Å². The number of amides is 2. The van der Waals surface area contributed by atoms with E-state index in [0.29, 0.717) is 13.1 Å². The smallest absolute Gasteiger partial charge is 0.407 e. The topological polar surface area (TPSA) is 60.9 Å². The van der Waals surface area contributed by atoms with Crippen LogP contribution >= 0.6 is 0 Å². The van der Waals surface area contributed by atoms with Gasteiger partial charge in [0.25, 0.3) is 0 Å². The molecule has 150 valence electrons. The zero-order valence-electron chi connectivity index (χ0n) is 17.0. The van der Waals surface area contributed by atoms with E-state index in [1.54, 1.807) is 4.90 Å².